The minimum Gasteiger partial charge on any atom is -0.465 e. The van der Waals surface area contributed by atoms with Gasteiger partial charge in [-0.25, -0.2) is 4.79 Å². The number of benzene rings is 2. The van der Waals surface area contributed by atoms with Crippen LogP contribution < -0.4 is 0 Å². The largest absolute Gasteiger partial charge is 0.465 e. The Balaban J connectivity index is 2.53. The summed E-state index contributed by atoms with van der Waals surface area (Å²) in [4.78, 5) is 23.1. The summed E-state index contributed by atoms with van der Waals surface area (Å²) in [6.07, 6.45) is 0. The molecule has 2 aromatic rings. The first-order valence-electron chi connectivity index (χ1n) is 6.02. The van der Waals surface area contributed by atoms with Gasteiger partial charge in [-0.15, -0.1) is 0 Å². The molecule has 0 saturated heterocycles. The summed E-state index contributed by atoms with van der Waals surface area (Å²) >= 11 is 6.10. The molecule has 20 heavy (non-hydrogen) atoms. The zero-order valence-corrected chi connectivity index (χ0v) is 11.9. The first-order valence-corrected chi connectivity index (χ1v) is 6.40. The summed E-state index contributed by atoms with van der Waals surface area (Å²) in [6, 6.07) is 12.3. The van der Waals surface area contributed by atoms with Crippen LogP contribution >= 0.6 is 11.6 Å². The van der Waals surface area contributed by atoms with E-state index >= 15 is 0 Å². The van der Waals surface area contributed by atoms with E-state index in [2.05, 4.69) is 4.74 Å². The van der Waals surface area contributed by atoms with Gasteiger partial charge in [-0.3, -0.25) is 4.79 Å². The van der Waals surface area contributed by atoms with E-state index in [1.807, 2.05) is 18.2 Å². The van der Waals surface area contributed by atoms with Crippen LogP contribution in [0.15, 0.2) is 42.5 Å². The third kappa shape index (κ3) is 2.73. The Morgan fingerprint density at radius 1 is 1.05 bits per heavy atom. The van der Waals surface area contributed by atoms with Crippen molar-refractivity contribution < 1.29 is 14.3 Å². The van der Waals surface area contributed by atoms with Crippen LogP contribution in [0.4, 0.5) is 0 Å². The van der Waals surface area contributed by atoms with E-state index in [1.54, 1.807) is 24.3 Å². The van der Waals surface area contributed by atoms with Gasteiger partial charge in [0, 0.05) is 5.56 Å². The molecule has 0 aliphatic heterocycles. The lowest BCUT2D eigenvalue weighted by molar-refractivity contribution is 0.0601. The normalized spacial score (nSPS) is 10.2. The van der Waals surface area contributed by atoms with Gasteiger partial charge in [-0.2, -0.15) is 0 Å². The van der Waals surface area contributed by atoms with Crippen molar-refractivity contribution in [2.45, 2.75) is 6.92 Å². The summed E-state index contributed by atoms with van der Waals surface area (Å²) in [5.41, 5.74) is 2.50. The number of esters is 1. The number of rotatable bonds is 3. The number of methoxy groups -OCH3 is 1. The van der Waals surface area contributed by atoms with E-state index in [0.717, 1.165) is 11.1 Å². The molecule has 0 bridgehead atoms. The molecular weight excluding hydrogens is 276 g/mol. The lowest BCUT2D eigenvalue weighted by atomic mass is 9.97. The fourth-order valence-electron chi connectivity index (χ4n) is 2.00. The minimum atomic E-state index is -0.485. The Bertz CT molecular complexity index is 677. The molecular formula is C16H13ClO3. The highest BCUT2D eigenvalue weighted by atomic mass is 35.5. The molecule has 0 aliphatic rings. The van der Waals surface area contributed by atoms with Gasteiger partial charge < -0.3 is 4.74 Å². The highest BCUT2D eigenvalue weighted by molar-refractivity contribution is 6.33. The molecule has 0 radical (unpaired) electrons. The molecule has 2 rings (SSSR count). The quantitative estimate of drug-likeness (QED) is 0.633. The van der Waals surface area contributed by atoms with Crippen molar-refractivity contribution in [3.05, 3.63) is 58.6 Å². The van der Waals surface area contributed by atoms with Gasteiger partial charge in [0.05, 0.1) is 17.7 Å². The number of hydrogen-bond acceptors (Lipinski definition) is 3. The molecule has 0 unspecified atom stereocenters. The first kappa shape index (κ1) is 14.3. The van der Waals surface area contributed by atoms with E-state index in [0.29, 0.717) is 16.1 Å². The highest BCUT2D eigenvalue weighted by Gasteiger charge is 2.13. The fourth-order valence-corrected chi connectivity index (χ4v) is 2.26. The van der Waals surface area contributed by atoms with Gasteiger partial charge >= 0.3 is 5.97 Å². The van der Waals surface area contributed by atoms with Gasteiger partial charge in [0.2, 0.25) is 0 Å². The van der Waals surface area contributed by atoms with Crippen molar-refractivity contribution in [2.75, 3.05) is 7.11 Å². The van der Waals surface area contributed by atoms with E-state index in [-0.39, 0.29) is 5.78 Å². The number of Topliss-reactive ketones (excluding diaryl/α,β-unsaturated/α-hetero) is 1. The molecule has 0 heterocycles. The molecule has 0 aromatic heterocycles. The maximum atomic E-state index is 11.6. The van der Waals surface area contributed by atoms with Crippen LogP contribution in [0, 0.1) is 0 Å². The fraction of sp³-hybridized carbons (Fsp3) is 0.125. The third-order valence-corrected chi connectivity index (χ3v) is 3.30. The minimum absolute atomic E-state index is 0.0197. The molecule has 0 saturated carbocycles. The molecule has 0 spiro atoms. The third-order valence-electron chi connectivity index (χ3n) is 2.99. The lowest BCUT2D eigenvalue weighted by Crippen LogP contribution is -2.02. The number of ether oxygens (including phenoxy) is 1. The molecule has 0 aliphatic carbocycles. The molecule has 102 valence electrons. The maximum absolute atomic E-state index is 11.6. The molecule has 0 amide bonds. The number of carbonyl (C=O) groups is 2. The van der Waals surface area contributed by atoms with Crippen LogP contribution in [0.25, 0.3) is 11.1 Å². The smallest absolute Gasteiger partial charge is 0.339 e. The van der Waals surface area contributed by atoms with Crippen LogP contribution in [-0.4, -0.2) is 18.9 Å². The average Bonchev–Trinajstić information content (AvgIpc) is 2.46. The standard InChI is InChI=1S/C16H13ClO3/c1-10(18)12-5-3-4-6-13(12)11-7-8-14(15(17)9-11)16(19)20-2/h3-9H,1-2H3. The number of carbonyl (C=O) groups excluding carboxylic acids is 2. The van der Waals surface area contributed by atoms with Crippen LogP contribution in [0.2, 0.25) is 5.02 Å². The highest BCUT2D eigenvalue weighted by Crippen LogP contribution is 2.28. The summed E-state index contributed by atoms with van der Waals surface area (Å²) in [7, 11) is 1.30. The monoisotopic (exact) mass is 288 g/mol. The Labute approximate surface area is 122 Å². The molecule has 0 N–H and O–H groups in total. The van der Waals surface area contributed by atoms with Gasteiger partial charge in [-0.05, 0) is 30.2 Å². The van der Waals surface area contributed by atoms with E-state index < -0.39 is 5.97 Å². The van der Waals surface area contributed by atoms with Crippen LogP contribution in [-0.2, 0) is 4.74 Å². The average molecular weight is 289 g/mol. The van der Waals surface area contributed by atoms with Crippen molar-refractivity contribution in [3.8, 4) is 11.1 Å². The van der Waals surface area contributed by atoms with Crippen molar-refractivity contribution in [1.29, 1.82) is 0 Å². The molecule has 4 heteroatoms. The van der Waals surface area contributed by atoms with Gasteiger partial charge in [-0.1, -0.05) is 41.9 Å². The number of halogens is 1. The second-order valence-electron chi connectivity index (χ2n) is 4.29. The molecule has 2 aromatic carbocycles. The van der Waals surface area contributed by atoms with E-state index in [4.69, 9.17) is 11.6 Å². The van der Waals surface area contributed by atoms with E-state index in [1.165, 1.54) is 14.0 Å². The zero-order chi connectivity index (χ0) is 14.7. The Morgan fingerprint density at radius 2 is 1.75 bits per heavy atom. The van der Waals surface area contributed by atoms with Crippen LogP contribution in [0.5, 0.6) is 0 Å². The summed E-state index contributed by atoms with van der Waals surface area (Å²) < 4.78 is 4.65. The maximum Gasteiger partial charge on any atom is 0.339 e. The second kappa shape index (κ2) is 5.88. The summed E-state index contributed by atoms with van der Waals surface area (Å²) in [5.74, 6) is -0.504. The number of hydrogen-bond donors (Lipinski definition) is 0. The van der Waals surface area contributed by atoms with Gasteiger partial charge in [0.1, 0.15) is 0 Å². The first-order chi connectivity index (χ1) is 9.54. The van der Waals surface area contributed by atoms with Gasteiger partial charge in [0.25, 0.3) is 0 Å². The summed E-state index contributed by atoms with van der Waals surface area (Å²) in [6.45, 7) is 1.52. The molecule has 0 atom stereocenters. The van der Waals surface area contributed by atoms with E-state index in [9.17, 15) is 9.59 Å². The Morgan fingerprint density at radius 3 is 2.35 bits per heavy atom. The van der Waals surface area contributed by atoms with Crippen LogP contribution in [0.1, 0.15) is 27.6 Å². The number of ketones is 1. The topological polar surface area (TPSA) is 43.4 Å². The van der Waals surface area contributed by atoms with Gasteiger partial charge in [0.15, 0.2) is 5.78 Å². The second-order valence-corrected chi connectivity index (χ2v) is 4.70. The van der Waals surface area contributed by atoms with Crippen molar-refractivity contribution in [1.82, 2.24) is 0 Å². The van der Waals surface area contributed by atoms with Crippen molar-refractivity contribution in [2.24, 2.45) is 0 Å². The Kier molecular flexibility index (Phi) is 4.20. The predicted molar refractivity (Wildman–Crippen MR) is 78.2 cm³/mol. The SMILES string of the molecule is COC(=O)c1ccc(-c2ccccc2C(C)=O)cc1Cl. The molecule has 0 fully saturated rings. The summed E-state index contributed by atoms with van der Waals surface area (Å²) in [5, 5.41) is 0.299. The van der Waals surface area contributed by atoms with Crippen molar-refractivity contribution in [3.63, 3.8) is 0 Å². The molecule has 3 nitrogen and oxygen atoms in total. The van der Waals surface area contributed by atoms with Crippen LogP contribution in [0.3, 0.4) is 0 Å². The predicted octanol–water partition coefficient (Wildman–Crippen LogP) is 4.00. The van der Waals surface area contributed by atoms with Crippen molar-refractivity contribution >= 4 is 23.4 Å². The Hall–Kier alpha value is -2.13. The lowest BCUT2D eigenvalue weighted by Gasteiger charge is -2.09. The zero-order valence-electron chi connectivity index (χ0n) is 11.1.